The molecule has 0 bridgehead atoms. The van der Waals surface area contributed by atoms with Crippen molar-refractivity contribution in [2.45, 2.75) is 13.5 Å². The second-order valence-electron chi connectivity index (χ2n) is 5.91. The Morgan fingerprint density at radius 1 is 1.11 bits per heavy atom. The lowest BCUT2D eigenvalue weighted by molar-refractivity contribution is -0.385. The molecule has 0 radical (unpaired) electrons. The van der Waals surface area contributed by atoms with Gasteiger partial charge in [0.25, 0.3) is 5.91 Å². The molecule has 0 unspecified atom stereocenters. The van der Waals surface area contributed by atoms with Crippen molar-refractivity contribution in [1.82, 2.24) is 0 Å². The van der Waals surface area contributed by atoms with Crippen LogP contribution in [0.4, 0.5) is 11.4 Å². The molecule has 2 aromatic carbocycles. The Morgan fingerprint density at radius 2 is 1.85 bits per heavy atom. The largest absolute Gasteiger partial charge is 0.477 e. The van der Waals surface area contributed by atoms with E-state index < -0.39 is 4.92 Å². The van der Waals surface area contributed by atoms with Crippen molar-refractivity contribution in [1.29, 1.82) is 0 Å². The zero-order valence-corrected chi connectivity index (χ0v) is 14.7. The van der Waals surface area contributed by atoms with E-state index in [4.69, 9.17) is 9.15 Å². The molecular weight excluding hydrogens is 348 g/mol. The minimum atomic E-state index is -0.541. The summed E-state index contributed by atoms with van der Waals surface area (Å²) in [4.78, 5) is 24.9. The molecule has 3 rings (SSSR count). The molecule has 0 saturated heterocycles. The number of benzene rings is 2. The molecule has 7 nitrogen and oxygen atoms in total. The van der Waals surface area contributed by atoms with E-state index in [9.17, 15) is 14.9 Å². The Kier molecular flexibility index (Phi) is 5.51. The number of para-hydroxylation sites is 2. The Hall–Kier alpha value is -3.61. The molecule has 0 aliphatic heterocycles. The van der Waals surface area contributed by atoms with Gasteiger partial charge in [-0.15, -0.1) is 0 Å². The summed E-state index contributed by atoms with van der Waals surface area (Å²) in [6.45, 7) is 1.86. The number of hydrogen-bond acceptors (Lipinski definition) is 5. The first-order valence-electron chi connectivity index (χ1n) is 8.30. The average Bonchev–Trinajstić information content (AvgIpc) is 3.18. The van der Waals surface area contributed by atoms with Gasteiger partial charge in [-0.3, -0.25) is 14.9 Å². The standard InChI is InChI=1S/C20H18N2O5/c1-15-8-10-16(11-9-15)21(13-17-5-4-12-26-17)20(23)14-27-19-7-3-2-6-18(19)22(24)25/h2-12H,13-14H2,1H3. The third kappa shape index (κ3) is 4.52. The first-order chi connectivity index (χ1) is 13.0. The molecule has 1 amide bonds. The maximum atomic E-state index is 12.8. The van der Waals surface area contributed by atoms with Crippen molar-refractivity contribution >= 4 is 17.3 Å². The SMILES string of the molecule is Cc1ccc(N(Cc2ccco2)C(=O)COc2ccccc2[N+](=O)[O-])cc1. The van der Waals surface area contributed by atoms with Gasteiger partial charge in [0, 0.05) is 11.8 Å². The molecule has 7 heteroatoms. The molecule has 1 heterocycles. The maximum absolute atomic E-state index is 12.8. The highest BCUT2D eigenvalue weighted by Crippen LogP contribution is 2.26. The molecule has 3 aromatic rings. The van der Waals surface area contributed by atoms with Crippen molar-refractivity contribution in [3.8, 4) is 5.75 Å². The zero-order chi connectivity index (χ0) is 19.2. The predicted octanol–water partition coefficient (Wildman–Crippen LogP) is 4.11. The smallest absolute Gasteiger partial charge is 0.310 e. The quantitative estimate of drug-likeness (QED) is 0.464. The maximum Gasteiger partial charge on any atom is 0.310 e. The highest BCUT2D eigenvalue weighted by molar-refractivity contribution is 5.94. The van der Waals surface area contributed by atoms with Crippen LogP contribution in [-0.2, 0) is 11.3 Å². The molecule has 0 aliphatic carbocycles. The van der Waals surface area contributed by atoms with Gasteiger partial charge in [-0.2, -0.15) is 0 Å². The minimum Gasteiger partial charge on any atom is -0.477 e. The second kappa shape index (κ2) is 8.18. The van der Waals surface area contributed by atoms with Crippen molar-refractivity contribution in [3.05, 3.63) is 88.4 Å². The van der Waals surface area contributed by atoms with Crippen molar-refractivity contribution in [3.63, 3.8) is 0 Å². The highest BCUT2D eigenvalue weighted by Gasteiger charge is 2.20. The zero-order valence-electron chi connectivity index (χ0n) is 14.7. The number of nitro groups is 1. The minimum absolute atomic E-state index is 0.0534. The first kappa shape index (κ1) is 18.2. The van der Waals surface area contributed by atoms with Gasteiger partial charge in [0.2, 0.25) is 0 Å². The van der Waals surface area contributed by atoms with Gasteiger partial charge in [0.15, 0.2) is 12.4 Å². The summed E-state index contributed by atoms with van der Waals surface area (Å²) in [6, 6.07) is 17.0. The average molecular weight is 366 g/mol. The first-order valence-corrected chi connectivity index (χ1v) is 8.30. The van der Waals surface area contributed by atoms with Gasteiger partial charge in [-0.1, -0.05) is 29.8 Å². The van der Waals surface area contributed by atoms with Crippen LogP contribution in [0.25, 0.3) is 0 Å². The lowest BCUT2D eigenvalue weighted by Crippen LogP contribution is -2.34. The number of aryl methyl sites for hydroxylation is 1. The molecular formula is C20H18N2O5. The lowest BCUT2D eigenvalue weighted by Gasteiger charge is -2.22. The monoisotopic (exact) mass is 366 g/mol. The van der Waals surface area contributed by atoms with Gasteiger partial charge in [0.1, 0.15) is 5.76 Å². The number of anilines is 1. The number of furan rings is 1. The third-order valence-corrected chi connectivity index (χ3v) is 3.95. The van der Waals surface area contributed by atoms with Gasteiger partial charge >= 0.3 is 5.69 Å². The number of ether oxygens (including phenoxy) is 1. The van der Waals surface area contributed by atoms with Crippen LogP contribution in [0.1, 0.15) is 11.3 Å². The number of nitrogens with zero attached hydrogens (tertiary/aromatic N) is 2. The Labute approximate surface area is 155 Å². The number of nitro benzene ring substituents is 1. The van der Waals surface area contributed by atoms with Crippen LogP contribution < -0.4 is 9.64 Å². The van der Waals surface area contributed by atoms with Crippen molar-refractivity contribution < 1.29 is 18.9 Å². The molecule has 27 heavy (non-hydrogen) atoms. The van der Waals surface area contributed by atoms with Gasteiger partial charge in [0.05, 0.1) is 17.7 Å². The number of carbonyl (C=O) groups excluding carboxylic acids is 1. The van der Waals surface area contributed by atoms with E-state index in [-0.39, 0.29) is 30.5 Å². The predicted molar refractivity (Wildman–Crippen MR) is 99.7 cm³/mol. The van der Waals surface area contributed by atoms with Crippen molar-refractivity contribution in [2.24, 2.45) is 0 Å². The van der Waals surface area contributed by atoms with Crippen LogP contribution in [-0.4, -0.2) is 17.4 Å². The summed E-state index contributed by atoms with van der Waals surface area (Å²) in [7, 11) is 0. The topological polar surface area (TPSA) is 85.8 Å². The third-order valence-electron chi connectivity index (χ3n) is 3.95. The van der Waals surface area contributed by atoms with E-state index in [1.807, 2.05) is 31.2 Å². The van der Waals surface area contributed by atoms with E-state index in [0.29, 0.717) is 11.4 Å². The fourth-order valence-corrected chi connectivity index (χ4v) is 2.55. The van der Waals surface area contributed by atoms with Crippen LogP contribution in [0.15, 0.2) is 71.3 Å². The summed E-state index contributed by atoms with van der Waals surface area (Å²) in [5.74, 6) is 0.334. The van der Waals surface area contributed by atoms with Gasteiger partial charge in [-0.25, -0.2) is 0 Å². The molecule has 0 saturated carbocycles. The number of hydrogen-bond donors (Lipinski definition) is 0. The molecule has 0 fully saturated rings. The number of rotatable bonds is 7. The van der Waals surface area contributed by atoms with E-state index in [2.05, 4.69) is 0 Å². The van der Waals surface area contributed by atoms with Crippen LogP contribution >= 0.6 is 0 Å². The molecule has 0 N–H and O–H groups in total. The summed E-state index contributed by atoms with van der Waals surface area (Å²) in [5.41, 5.74) is 1.58. The molecule has 138 valence electrons. The fourth-order valence-electron chi connectivity index (χ4n) is 2.55. The lowest BCUT2D eigenvalue weighted by atomic mass is 10.2. The van der Waals surface area contributed by atoms with Crippen LogP contribution in [0.5, 0.6) is 5.75 Å². The molecule has 0 spiro atoms. The van der Waals surface area contributed by atoms with Crippen molar-refractivity contribution in [2.75, 3.05) is 11.5 Å². The normalized spacial score (nSPS) is 10.4. The Bertz CT molecular complexity index is 920. The number of carbonyl (C=O) groups is 1. The fraction of sp³-hybridized carbons (Fsp3) is 0.150. The van der Waals surface area contributed by atoms with Crippen LogP contribution in [0.2, 0.25) is 0 Å². The Balaban J connectivity index is 1.79. The van der Waals surface area contributed by atoms with E-state index >= 15 is 0 Å². The van der Waals surface area contributed by atoms with E-state index in [1.165, 1.54) is 23.3 Å². The van der Waals surface area contributed by atoms with E-state index in [0.717, 1.165) is 5.56 Å². The van der Waals surface area contributed by atoms with Crippen LogP contribution in [0.3, 0.4) is 0 Å². The second-order valence-corrected chi connectivity index (χ2v) is 5.91. The summed E-state index contributed by atoms with van der Waals surface area (Å²) < 4.78 is 10.8. The Morgan fingerprint density at radius 3 is 2.52 bits per heavy atom. The summed E-state index contributed by atoms with van der Waals surface area (Å²) >= 11 is 0. The molecule has 0 aliphatic rings. The summed E-state index contributed by atoms with van der Waals surface area (Å²) in [5, 5.41) is 11.1. The van der Waals surface area contributed by atoms with E-state index in [1.54, 1.807) is 24.3 Å². The summed E-state index contributed by atoms with van der Waals surface area (Å²) in [6.07, 6.45) is 1.54. The van der Waals surface area contributed by atoms with Gasteiger partial charge in [-0.05, 0) is 37.3 Å². The van der Waals surface area contributed by atoms with Crippen LogP contribution in [0, 0.1) is 17.0 Å². The number of amides is 1. The highest BCUT2D eigenvalue weighted by atomic mass is 16.6. The molecule has 0 atom stereocenters. The molecule has 1 aromatic heterocycles. The van der Waals surface area contributed by atoms with Gasteiger partial charge < -0.3 is 14.1 Å².